The predicted molar refractivity (Wildman–Crippen MR) is 92.8 cm³/mol. The lowest BCUT2D eigenvalue weighted by molar-refractivity contribution is 1.06. The van der Waals surface area contributed by atoms with Crippen LogP contribution < -0.4 is 10.4 Å². The van der Waals surface area contributed by atoms with Crippen LogP contribution in [0.5, 0.6) is 0 Å². The van der Waals surface area contributed by atoms with Crippen molar-refractivity contribution in [3.05, 3.63) is 96.6 Å². The van der Waals surface area contributed by atoms with Crippen molar-refractivity contribution in [2.24, 2.45) is 0 Å². The molecule has 21 heavy (non-hydrogen) atoms. The Labute approximate surface area is 128 Å². The van der Waals surface area contributed by atoms with Crippen molar-refractivity contribution in [2.45, 2.75) is 12.5 Å². The highest BCUT2D eigenvalue weighted by atomic mass is 28.3. The average molecular weight is 287 g/mol. The van der Waals surface area contributed by atoms with Crippen LogP contribution in [0.3, 0.4) is 0 Å². The highest BCUT2D eigenvalue weighted by Crippen LogP contribution is 2.18. The van der Waals surface area contributed by atoms with Gasteiger partial charge in [-0.15, -0.1) is 0 Å². The van der Waals surface area contributed by atoms with E-state index < -0.39 is 8.80 Å². The Morgan fingerprint density at radius 3 is 1.38 bits per heavy atom. The highest BCUT2D eigenvalue weighted by molar-refractivity contribution is 6.86. The summed E-state index contributed by atoms with van der Waals surface area (Å²) in [4.78, 5) is 0. The summed E-state index contributed by atoms with van der Waals surface area (Å²) in [5.41, 5.74) is 1.97. The fraction of sp³-hybridized carbons (Fsp3) is 0.100. The second-order valence-corrected chi connectivity index (χ2v) is 8.13. The summed E-state index contributed by atoms with van der Waals surface area (Å²) in [5.74, 6) is 0. The second-order valence-electron chi connectivity index (χ2n) is 5.28. The Morgan fingerprint density at radius 2 is 0.952 bits per heavy atom. The fourth-order valence-electron chi connectivity index (χ4n) is 2.81. The molecule has 0 bridgehead atoms. The Hall–Kier alpha value is -2.12. The molecule has 3 aromatic rings. The minimum Gasteiger partial charge on any atom is -0.0628 e. The molecule has 0 fully saturated rings. The van der Waals surface area contributed by atoms with Crippen LogP contribution in [0.15, 0.2) is 91.0 Å². The number of hydrogen-bond donors (Lipinski definition) is 0. The lowest BCUT2D eigenvalue weighted by Gasteiger charge is -2.23. The van der Waals surface area contributed by atoms with E-state index in [2.05, 4.69) is 97.9 Å². The molecule has 0 aliphatic carbocycles. The predicted octanol–water partition coefficient (Wildman–Crippen LogP) is 3.64. The van der Waals surface area contributed by atoms with Crippen molar-refractivity contribution < 1.29 is 0 Å². The molecule has 0 aliphatic rings. The van der Waals surface area contributed by atoms with Gasteiger partial charge in [0.2, 0.25) is 0 Å². The van der Waals surface area contributed by atoms with Crippen molar-refractivity contribution in [2.75, 3.05) is 0 Å². The molecule has 3 aromatic carbocycles. The third-order valence-corrected chi connectivity index (χ3v) is 7.01. The van der Waals surface area contributed by atoms with Gasteiger partial charge in [-0.1, -0.05) is 108 Å². The van der Waals surface area contributed by atoms with Crippen LogP contribution in [-0.2, 0) is 0 Å². The van der Waals surface area contributed by atoms with Gasteiger partial charge in [-0.2, -0.15) is 0 Å². The minimum atomic E-state index is -0.830. The third-order valence-electron chi connectivity index (χ3n) is 3.90. The molecular formula is C20H19Si. The molecule has 103 valence electrons. The summed E-state index contributed by atoms with van der Waals surface area (Å²) < 4.78 is 0. The fourth-order valence-corrected chi connectivity index (χ4v) is 5.77. The van der Waals surface area contributed by atoms with Crippen molar-refractivity contribution in [1.29, 1.82) is 0 Å². The van der Waals surface area contributed by atoms with Crippen LogP contribution in [0.4, 0.5) is 0 Å². The van der Waals surface area contributed by atoms with E-state index in [1.807, 2.05) is 0 Å². The van der Waals surface area contributed by atoms with Crippen molar-refractivity contribution in [3.8, 4) is 0 Å². The standard InChI is InChI=1S/C20H19Si/c1-17(18-11-5-2-6-12-18)21(19-13-7-3-8-14-19)20-15-9-4-10-16-20/h2-17H,1H3/t17-/m1/s1. The molecule has 0 aliphatic heterocycles. The van der Waals surface area contributed by atoms with Gasteiger partial charge >= 0.3 is 0 Å². The maximum absolute atomic E-state index is 2.36. The first-order chi connectivity index (χ1) is 10.4. The Bertz CT molecular complexity index is 622. The smallest absolute Gasteiger partial charge is 0.0628 e. The highest BCUT2D eigenvalue weighted by Gasteiger charge is 2.24. The molecule has 0 saturated carbocycles. The third kappa shape index (κ3) is 3.14. The van der Waals surface area contributed by atoms with Gasteiger partial charge in [0, 0.05) is 0 Å². The topological polar surface area (TPSA) is 0 Å². The van der Waals surface area contributed by atoms with E-state index in [1.54, 1.807) is 0 Å². The first-order valence-corrected chi connectivity index (χ1v) is 8.96. The lowest BCUT2D eigenvalue weighted by atomic mass is 10.2. The van der Waals surface area contributed by atoms with E-state index >= 15 is 0 Å². The van der Waals surface area contributed by atoms with Gasteiger partial charge in [0.15, 0.2) is 0 Å². The lowest BCUT2D eigenvalue weighted by Crippen LogP contribution is -2.46. The molecule has 0 amide bonds. The zero-order chi connectivity index (χ0) is 14.5. The minimum absolute atomic E-state index is 0.543. The Morgan fingerprint density at radius 1 is 0.571 bits per heavy atom. The maximum Gasteiger partial charge on any atom is 0.128 e. The molecule has 3 rings (SSSR count). The van der Waals surface area contributed by atoms with Gasteiger partial charge in [-0.3, -0.25) is 0 Å². The summed E-state index contributed by atoms with van der Waals surface area (Å²) in [6, 6.07) is 32.8. The van der Waals surface area contributed by atoms with Gasteiger partial charge in [0.05, 0.1) is 0 Å². The normalized spacial score (nSPS) is 12.3. The summed E-state index contributed by atoms with van der Waals surface area (Å²) in [7, 11) is -0.830. The van der Waals surface area contributed by atoms with Crippen molar-refractivity contribution >= 4 is 19.2 Å². The van der Waals surface area contributed by atoms with E-state index in [4.69, 9.17) is 0 Å². The summed E-state index contributed by atoms with van der Waals surface area (Å²) in [6.45, 7) is 2.36. The van der Waals surface area contributed by atoms with E-state index in [1.165, 1.54) is 15.9 Å². The van der Waals surface area contributed by atoms with Crippen LogP contribution in [-0.4, -0.2) is 8.80 Å². The molecule has 0 saturated heterocycles. The largest absolute Gasteiger partial charge is 0.128 e. The first-order valence-electron chi connectivity index (χ1n) is 7.39. The molecular weight excluding hydrogens is 268 g/mol. The Balaban J connectivity index is 2.05. The van der Waals surface area contributed by atoms with Crippen molar-refractivity contribution in [1.82, 2.24) is 0 Å². The van der Waals surface area contributed by atoms with E-state index in [0.29, 0.717) is 5.54 Å². The monoisotopic (exact) mass is 287 g/mol. The zero-order valence-electron chi connectivity index (χ0n) is 12.2. The van der Waals surface area contributed by atoms with Gasteiger partial charge in [-0.25, -0.2) is 0 Å². The van der Waals surface area contributed by atoms with Gasteiger partial charge in [0.25, 0.3) is 0 Å². The molecule has 0 heterocycles. The number of hydrogen-bond acceptors (Lipinski definition) is 0. The van der Waals surface area contributed by atoms with Crippen LogP contribution in [0.1, 0.15) is 18.0 Å². The second kappa shape index (κ2) is 6.55. The molecule has 0 nitrogen and oxygen atoms in total. The maximum atomic E-state index is 2.36. The number of benzene rings is 3. The van der Waals surface area contributed by atoms with Gasteiger partial charge < -0.3 is 0 Å². The van der Waals surface area contributed by atoms with E-state index in [0.717, 1.165) is 0 Å². The van der Waals surface area contributed by atoms with Crippen LogP contribution in [0.25, 0.3) is 0 Å². The van der Waals surface area contributed by atoms with E-state index in [-0.39, 0.29) is 0 Å². The molecule has 0 unspecified atom stereocenters. The average Bonchev–Trinajstić information content (AvgIpc) is 2.58. The van der Waals surface area contributed by atoms with Gasteiger partial charge in [-0.05, 0) is 11.1 Å². The molecule has 1 radical (unpaired) electrons. The number of rotatable bonds is 4. The SMILES string of the molecule is C[C@H](c1ccccc1)[Si](c1ccccc1)c1ccccc1. The molecule has 1 heteroatoms. The first kappa shape index (κ1) is 13.8. The zero-order valence-corrected chi connectivity index (χ0v) is 13.2. The molecule has 0 aromatic heterocycles. The summed E-state index contributed by atoms with van der Waals surface area (Å²) >= 11 is 0. The molecule has 0 spiro atoms. The van der Waals surface area contributed by atoms with Crippen LogP contribution in [0.2, 0.25) is 0 Å². The van der Waals surface area contributed by atoms with E-state index in [9.17, 15) is 0 Å². The van der Waals surface area contributed by atoms with Crippen LogP contribution >= 0.6 is 0 Å². The molecule has 1 atom stereocenters. The summed E-state index contributed by atoms with van der Waals surface area (Å²) in [6.07, 6.45) is 0. The van der Waals surface area contributed by atoms with Crippen molar-refractivity contribution in [3.63, 3.8) is 0 Å². The summed E-state index contributed by atoms with van der Waals surface area (Å²) in [5, 5.41) is 2.95. The Kier molecular flexibility index (Phi) is 4.32. The quantitative estimate of drug-likeness (QED) is 0.643. The van der Waals surface area contributed by atoms with Crippen LogP contribution in [0, 0.1) is 0 Å². The molecule has 0 N–H and O–H groups in total. The van der Waals surface area contributed by atoms with Gasteiger partial charge in [0.1, 0.15) is 8.80 Å².